The van der Waals surface area contributed by atoms with Gasteiger partial charge in [-0.25, -0.2) is 4.79 Å². The van der Waals surface area contributed by atoms with E-state index in [0.29, 0.717) is 19.0 Å². The van der Waals surface area contributed by atoms with Gasteiger partial charge in [-0.1, -0.05) is 24.3 Å². The normalized spacial score (nSPS) is 21.0. The first kappa shape index (κ1) is 17.8. The number of carbonyl (C=O) groups excluding carboxylic acids is 2. The zero-order chi connectivity index (χ0) is 18.0. The Morgan fingerprint density at radius 3 is 2.48 bits per heavy atom. The van der Waals surface area contributed by atoms with Crippen molar-refractivity contribution in [1.82, 2.24) is 10.2 Å². The van der Waals surface area contributed by atoms with Crippen LogP contribution in [0.25, 0.3) is 0 Å². The molecule has 3 amide bonds. The van der Waals surface area contributed by atoms with Gasteiger partial charge in [0.2, 0.25) is 5.91 Å². The molecule has 25 heavy (non-hydrogen) atoms. The summed E-state index contributed by atoms with van der Waals surface area (Å²) in [7, 11) is 0. The first-order valence-electron chi connectivity index (χ1n) is 9.27. The van der Waals surface area contributed by atoms with Crippen LogP contribution in [-0.2, 0) is 17.6 Å². The minimum absolute atomic E-state index is 0.0476. The molecule has 1 aliphatic carbocycles. The molecule has 1 fully saturated rings. The van der Waals surface area contributed by atoms with Gasteiger partial charge in [0, 0.05) is 18.6 Å². The van der Waals surface area contributed by atoms with Gasteiger partial charge in [-0.15, -0.1) is 0 Å². The Kier molecular flexibility index (Phi) is 5.02. The molecule has 1 atom stereocenters. The summed E-state index contributed by atoms with van der Waals surface area (Å²) >= 11 is 0. The predicted octanol–water partition coefficient (Wildman–Crippen LogP) is 2.48. The highest BCUT2D eigenvalue weighted by atomic mass is 16.2. The molecule has 1 saturated heterocycles. The summed E-state index contributed by atoms with van der Waals surface area (Å²) < 4.78 is 0. The van der Waals surface area contributed by atoms with Gasteiger partial charge in [-0.3, -0.25) is 4.79 Å². The Balaban J connectivity index is 1.54. The molecular weight excluding hydrogens is 314 g/mol. The van der Waals surface area contributed by atoms with E-state index in [1.807, 2.05) is 0 Å². The van der Waals surface area contributed by atoms with Crippen LogP contribution in [0.4, 0.5) is 4.79 Å². The maximum atomic E-state index is 12.7. The predicted molar refractivity (Wildman–Crippen MR) is 98.1 cm³/mol. The van der Waals surface area contributed by atoms with Crippen molar-refractivity contribution in [2.45, 2.75) is 51.5 Å². The fourth-order valence-electron chi connectivity index (χ4n) is 4.39. The first-order chi connectivity index (χ1) is 11.8. The second kappa shape index (κ2) is 7.06. The molecule has 0 spiro atoms. The number of rotatable bonds is 4. The number of likely N-dealkylation sites (tertiary alicyclic amines) is 1. The highest BCUT2D eigenvalue weighted by molar-refractivity contribution is 5.81. The summed E-state index contributed by atoms with van der Waals surface area (Å²) in [5.74, 6) is 0.467. The number of hydrogen-bond acceptors (Lipinski definition) is 2. The molecule has 5 nitrogen and oxygen atoms in total. The van der Waals surface area contributed by atoms with Crippen LogP contribution < -0.4 is 11.1 Å². The molecule has 1 heterocycles. The minimum atomic E-state index is -0.430. The van der Waals surface area contributed by atoms with Gasteiger partial charge in [0.15, 0.2) is 0 Å². The number of benzene rings is 1. The van der Waals surface area contributed by atoms with Gasteiger partial charge < -0.3 is 16.0 Å². The third-order valence-corrected chi connectivity index (χ3v) is 5.50. The monoisotopic (exact) mass is 343 g/mol. The van der Waals surface area contributed by atoms with Crippen molar-refractivity contribution in [2.24, 2.45) is 17.6 Å². The van der Waals surface area contributed by atoms with E-state index in [-0.39, 0.29) is 17.4 Å². The van der Waals surface area contributed by atoms with Crippen LogP contribution in [0, 0.1) is 11.8 Å². The number of nitrogens with one attached hydrogen (secondary N) is 1. The summed E-state index contributed by atoms with van der Waals surface area (Å²) in [6.45, 7) is 5.29. The molecule has 2 aliphatic rings. The number of nitrogens with zero attached hydrogens (tertiary/aromatic N) is 1. The van der Waals surface area contributed by atoms with Crippen LogP contribution in [0.15, 0.2) is 24.3 Å². The number of nitrogens with two attached hydrogens (primary N) is 1. The smallest absolute Gasteiger partial charge is 0.314 e. The minimum Gasteiger partial charge on any atom is -0.351 e. The maximum absolute atomic E-state index is 12.7. The number of fused-ring (bicyclic) bond motifs is 1. The summed E-state index contributed by atoms with van der Waals surface area (Å²) in [6.07, 6.45) is 4.79. The lowest BCUT2D eigenvalue weighted by molar-refractivity contribution is -0.128. The van der Waals surface area contributed by atoms with Crippen LogP contribution in [0.5, 0.6) is 0 Å². The van der Waals surface area contributed by atoms with E-state index >= 15 is 0 Å². The quantitative estimate of drug-likeness (QED) is 0.881. The highest BCUT2D eigenvalue weighted by Crippen LogP contribution is 2.32. The lowest BCUT2D eigenvalue weighted by Crippen LogP contribution is -2.52. The first-order valence-corrected chi connectivity index (χ1v) is 9.27. The molecule has 5 heteroatoms. The van der Waals surface area contributed by atoms with Crippen molar-refractivity contribution in [3.63, 3.8) is 0 Å². The molecule has 136 valence electrons. The second-order valence-electron chi connectivity index (χ2n) is 8.24. The Morgan fingerprint density at radius 2 is 1.88 bits per heavy atom. The van der Waals surface area contributed by atoms with E-state index in [1.54, 1.807) is 4.90 Å². The number of primary amides is 1. The molecule has 0 aromatic heterocycles. The highest BCUT2D eigenvalue weighted by Gasteiger charge is 2.33. The summed E-state index contributed by atoms with van der Waals surface area (Å²) in [4.78, 5) is 25.6. The van der Waals surface area contributed by atoms with E-state index in [0.717, 1.165) is 32.1 Å². The number of piperidine rings is 1. The largest absolute Gasteiger partial charge is 0.351 e. The van der Waals surface area contributed by atoms with Crippen molar-refractivity contribution in [3.8, 4) is 0 Å². The Labute approximate surface area is 150 Å². The van der Waals surface area contributed by atoms with E-state index in [1.165, 1.54) is 11.1 Å². The van der Waals surface area contributed by atoms with Crippen LogP contribution in [0.1, 0.15) is 44.2 Å². The van der Waals surface area contributed by atoms with Gasteiger partial charge in [-0.05, 0) is 63.0 Å². The Hall–Kier alpha value is -2.04. The van der Waals surface area contributed by atoms with E-state index in [2.05, 4.69) is 43.4 Å². The van der Waals surface area contributed by atoms with Gasteiger partial charge in [0.25, 0.3) is 0 Å². The average Bonchev–Trinajstić information content (AvgIpc) is 2.95. The van der Waals surface area contributed by atoms with Crippen LogP contribution in [-0.4, -0.2) is 35.5 Å². The van der Waals surface area contributed by atoms with Gasteiger partial charge in [0.1, 0.15) is 0 Å². The third kappa shape index (κ3) is 4.33. The average molecular weight is 343 g/mol. The van der Waals surface area contributed by atoms with Gasteiger partial charge in [-0.2, -0.15) is 0 Å². The second-order valence-corrected chi connectivity index (χ2v) is 8.24. The Morgan fingerprint density at radius 1 is 1.24 bits per heavy atom. The van der Waals surface area contributed by atoms with Crippen LogP contribution in [0.2, 0.25) is 0 Å². The topological polar surface area (TPSA) is 75.4 Å². The van der Waals surface area contributed by atoms with Crippen LogP contribution in [0.3, 0.4) is 0 Å². The van der Waals surface area contributed by atoms with Crippen molar-refractivity contribution in [2.75, 3.05) is 13.1 Å². The lowest BCUT2D eigenvalue weighted by Gasteiger charge is -2.35. The summed E-state index contributed by atoms with van der Waals surface area (Å²) in [5, 5.41) is 3.22. The number of carbonyl (C=O) groups is 2. The zero-order valence-electron chi connectivity index (χ0n) is 15.3. The molecule has 0 saturated carbocycles. The standard InChI is InChI=1S/C20H29N3O2/c1-20(2,12-14-10-15-6-3-4-7-16(15)11-14)22-18(24)17-8-5-9-23(13-17)19(21)25/h3-4,6-7,14,17H,5,8-13H2,1-2H3,(H2,21,25)(H,22,24)/t17-/m1/s1. The zero-order valence-corrected chi connectivity index (χ0v) is 15.3. The molecule has 1 aromatic carbocycles. The van der Waals surface area contributed by atoms with Crippen molar-refractivity contribution in [3.05, 3.63) is 35.4 Å². The molecule has 0 unspecified atom stereocenters. The molecule has 3 N–H and O–H groups in total. The van der Waals surface area contributed by atoms with E-state index in [9.17, 15) is 9.59 Å². The molecule has 3 rings (SSSR count). The molecule has 1 aliphatic heterocycles. The van der Waals surface area contributed by atoms with Crippen molar-refractivity contribution >= 4 is 11.9 Å². The molecule has 0 radical (unpaired) electrons. The SMILES string of the molecule is CC(C)(CC1Cc2ccccc2C1)NC(=O)[C@@H]1CCCN(C(N)=O)C1. The van der Waals surface area contributed by atoms with Crippen molar-refractivity contribution in [1.29, 1.82) is 0 Å². The van der Waals surface area contributed by atoms with E-state index in [4.69, 9.17) is 5.73 Å². The Bertz CT molecular complexity index is 631. The lowest BCUT2D eigenvalue weighted by atomic mass is 9.87. The summed E-state index contributed by atoms with van der Waals surface area (Å²) in [5.41, 5.74) is 8.00. The van der Waals surface area contributed by atoms with Gasteiger partial charge in [0.05, 0.1) is 5.92 Å². The van der Waals surface area contributed by atoms with Crippen molar-refractivity contribution < 1.29 is 9.59 Å². The van der Waals surface area contributed by atoms with E-state index < -0.39 is 6.03 Å². The number of hydrogen-bond donors (Lipinski definition) is 2. The number of urea groups is 1. The number of amides is 3. The van der Waals surface area contributed by atoms with Crippen LogP contribution >= 0.6 is 0 Å². The molecule has 0 bridgehead atoms. The third-order valence-electron chi connectivity index (χ3n) is 5.50. The molecule has 1 aromatic rings. The fourth-order valence-corrected chi connectivity index (χ4v) is 4.39. The maximum Gasteiger partial charge on any atom is 0.314 e. The van der Waals surface area contributed by atoms with Gasteiger partial charge >= 0.3 is 6.03 Å². The molecular formula is C20H29N3O2. The fraction of sp³-hybridized carbons (Fsp3) is 0.600. The summed E-state index contributed by atoms with van der Waals surface area (Å²) in [6, 6.07) is 8.19.